The highest BCUT2D eigenvalue weighted by Gasteiger charge is 2.03. The van der Waals surface area contributed by atoms with Crippen LogP contribution in [0.15, 0.2) is 36.7 Å². The number of nitrogens with one attached hydrogen (secondary N) is 1. The van der Waals surface area contributed by atoms with Gasteiger partial charge in [0, 0.05) is 23.3 Å². The Morgan fingerprint density at radius 2 is 1.85 bits per heavy atom. The van der Waals surface area contributed by atoms with E-state index in [4.69, 9.17) is 0 Å². The lowest BCUT2D eigenvalue weighted by Gasteiger charge is -1.86. The Bertz CT molecular complexity index is 518. The van der Waals surface area contributed by atoms with E-state index in [1.165, 1.54) is 0 Å². The van der Waals surface area contributed by atoms with Crippen LogP contribution in [0.25, 0.3) is 22.1 Å². The highest BCUT2D eigenvalue weighted by Crippen LogP contribution is 2.20. The number of aromatic amines is 1. The quantitative estimate of drug-likeness (QED) is 0.560. The number of hydrogen-bond donors (Lipinski definition) is 1. The number of hydrogen-bond acceptors (Lipinski definition) is 2. The van der Waals surface area contributed by atoms with Crippen molar-refractivity contribution in [2.75, 3.05) is 0 Å². The Morgan fingerprint density at radius 1 is 1.00 bits per heavy atom. The largest absolute Gasteiger partial charge is 0.338 e. The first kappa shape index (κ1) is 6.60. The number of fused-ring (bicyclic) bond motifs is 3. The van der Waals surface area contributed by atoms with E-state index >= 15 is 0 Å². The maximum atomic E-state index is 4.28. The molecule has 0 bridgehead atoms. The molecule has 0 fully saturated rings. The fourth-order valence-electron chi connectivity index (χ4n) is 1.55. The normalized spacial score (nSPS) is 11.1. The molecular weight excluding hydrogens is 162 g/mol. The molecule has 3 aromatic rings. The number of para-hydroxylation sites is 1. The lowest BCUT2D eigenvalue weighted by Crippen LogP contribution is -1.76. The second-order valence-corrected chi connectivity index (χ2v) is 2.92. The molecule has 0 atom stereocenters. The summed E-state index contributed by atoms with van der Waals surface area (Å²) in [6.45, 7) is 0. The summed E-state index contributed by atoms with van der Waals surface area (Å²) < 4.78 is 0. The van der Waals surface area contributed by atoms with Crippen molar-refractivity contribution in [3.63, 3.8) is 0 Å². The van der Waals surface area contributed by atoms with Crippen LogP contribution in [-0.2, 0) is 0 Å². The molecule has 0 aliphatic carbocycles. The molecule has 0 saturated carbocycles. The van der Waals surface area contributed by atoms with Crippen LogP contribution < -0.4 is 0 Å². The Morgan fingerprint density at radius 3 is 2.85 bits per heavy atom. The number of rotatable bonds is 0. The van der Waals surface area contributed by atoms with E-state index in [0.29, 0.717) is 0 Å². The van der Waals surface area contributed by atoms with Gasteiger partial charge in [0.05, 0.1) is 0 Å². The summed E-state index contributed by atoms with van der Waals surface area (Å²) in [4.78, 5) is 11.7. The fourth-order valence-corrected chi connectivity index (χ4v) is 1.55. The van der Waals surface area contributed by atoms with Gasteiger partial charge < -0.3 is 4.98 Å². The minimum atomic E-state index is 0.851. The van der Waals surface area contributed by atoms with Crippen LogP contribution in [0.1, 0.15) is 0 Å². The van der Waals surface area contributed by atoms with E-state index < -0.39 is 0 Å². The Kier molecular flexibility index (Phi) is 1.16. The van der Waals surface area contributed by atoms with Gasteiger partial charge in [0.15, 0.2) is 5.65 Å². The monoisotopic (exact) mass is 169 g/mol. The SMILES string of the molecule is c1ccc2c(c1)[nH]c1nccnc12. The van der Waals surface area contributed by atoms with Crippen molar-refractivity contribution in [2.24, 2.45) is 0 Å². The molecule has 0 aliphatic rings. The second-order valence-electron chi connectivity index (χ2n) is 2.92. The third-order valence-electron chi connectivity index (χ3n) is 2.13. The van der Waals surface area contributed by atoms with Gasteiger partial charge in [-0.15, -0.1) is 0 Å². The molecule has 2 aromatic heterocycles. The van der Waals surface area contributed by atoms with Crippen molar-refractivity contribution in [1.29, 1.82) is 0 Å². The maximum Gasteiger partial charge on any atom is 0.157 e. The highest BCUT2D eigenvalue weighted by molar-refractivity contribution is 6.03. The van der Waals surface area contributed by atoms with Gasteiger partial charge in [0.1, 0.15) is 5.52 Å². The molecule has 0 spiro atoms. The van der Waals surface area contributed by atoms with Crippen molar-refractivity contribution in [3.8, 4) is 0 Å². The summed E-state index contributed by atoms with van der Waals surface area (Å²) in [7, 11) is 0. The molecule has 3 nitrogen and oxygen atoms in total. The van der Waals surface area contributed by atoms with Gasteiger partial charge in [-0.25, -0.2) is 4.98 Å². The van der Waals surface area contributed by atoms with Gasteiger partial charge in [-0.05, 0) is 6.07 Å². The van der Waals surface area contributed by atoms with Crippen molar-refractivity contribution >= 4 is 22.1 Å². The van der Waals surface area contributed by atoms with Crippen molar-refractivity contribution in [1.82, 2.24) is 15.0 Å². The molecule has 3 rings (SSSR count). The minimum absolute atomic E-state index is 0.851. The number of benzene rings is 1. The fraction of sp³-hybridized carbons (Fsp3) is 0. The van der Waals surface area contributed by atoms with E-state index in [1.54, 1.807) is 12.4 Å². The minimum Gasteiger partial charge on any atom is -0.338 e. The molecule has 0 radical (unpaired) electrons. The number of H-pyrrole nitrogens is 1. The molecule has 62 valence electrons. The van der Waals surface area contributed by atoms with E-state index in [-0.39, 0.29) is 0 Å². The van der Waals surface area contributed by atoms with Gasteiger partial charge in [-0.1, -0.05) is 18.2 Å². The van der Waals surface area contributed by atoms with Crippen LogP contribution in [0.2, 0.25) is 0 Å². The third-order valence-corrected chi connectivity index (χ3v) is 2.13. The molecule has 2 heterocycles. The topological polar surface area (TPSA) is 41.6 Å². The molecular formula is C10H7N3. The van der Waals surface area contributed by atoms with Crippen LogP contribution >= 0.6 is 0 Å². The molecule has 3 heteroatoms. The predicted octanol–water partition coefficient (Wildman–Crippen LogP) is 2.11. The second kappa shape index (κ2) is 2.29. The summed E-state index contributed by atoms with van der Waals surface area (Å²) in [5.74, 6) is 0. The van der Waals surface area contributed by atoms with Gasteiger partial charge in [-0.3, -0.25) is 4.98 Å². The van der Waals surface area contributed by atoms with Gasteiger partial charge >= 0.3 is 0 Å². The van der Waals surface area contributed by atoms with E-state index in [0.717, 1.165) is 22.1 Å². The Labute approximate surface area is 74.4 Å². The van der Waals surface area contributed by atoms with Crippen LogP contribution in [0, 0.1) is 0 Å². The molecule has 0 unspecified atom stereocenters. The summed E-state index contributed by atoms with van der Waals surface area (Å²) in [6.07, 6.45) is 3.40. The average molecular weight is 169 g/mol. The zero-order valence-corrected chi connectivity index (χ0v) is 6.86. The highest BCUT2D eigenvalue weighted by atomic mass is 14.9. The predicted molar refractivity (Wildman–Crippen MR) is 51.4 cm³/mol. The number of nitrogens with zero attached hydrogens (tertiary/aromatic N) is 2. The number of aromatic nitrogens is 3. The Balaban J connectivity index is 2.64. The van der Waals surface area contributed by atoms with Crippen LogP contribution in [0.3, 0.4) is 0 Å². The summed E-state index contributed by atoms with van der Waals surface area (Å²) in [6, 6.07) is 8.07. The summed E-state index contributed by atoms with van der Waals surface area (Å²) in [5, 5.41) is 1.13. The maximum absolute atomic E-state index is 4.28. The van der Waals surface area contributed by atoms with Crippen LogP contribution in [0.5, 0.6) is 0 Å². The Hall–Kier alpha value is -1.90. The summed E-state index contributed by atoms with van der Waals surface area (Å²) >= 11 is 0. The molecule has 13 heavy (non-hydrogen) atoms. The van der Waals surface area contributed by atoms with Crippen molar-refractivity contribution < 1.29 is 0 Å². The summed E-state index contributed by atoms with van der Waals surface area (Å²) in [5.41, 5.74) is 2.88. The van der Waals surface area contributed by atoms with E-state index in [2.05, 4.69) is 15.0 Å². The zero-order valence-electron chi connectivity index (χ0n) is 6.86. The molecule has 0 amide bonds. The smallest absolute Gasteiger partial charge is 0.157 e. The standard InChI is InChI=1S/C10H7N3/c1-2-4-8-7(3-1)9-10(13-8)12-6-5-11-9/h1-6H,(H,12,13). The van der Waals surface area contributed by atoms with Gasteiger partial charge in [0.2, 0.25) is 0 Å². The van der Waals surface area contributed by atoms with Gasteiger partial charge in [0.25, 0.3) is 0 Å². The lowest BCUT2D eigenvalue weighted by molar-refractivity contribution is 1.27. The van der Waals surface area contributed by atoms with Crippen molar-refractivity contribution in [3.05, 3.63) is 36.7 Å². The molecule has 0 saturated heterocycles. The van der Waals surface area contributed by atoms with Crippen LogP contribution in [0.4, 0.5) is 0 Å². The lowest BCUT2D eigenvalue weighted by atomic mass is 10.2. The van der Waals surface area contributed by atoms with Gasteiger partial charge in [-0.2, -0.15) is 0 Å². The molecule has 0 aliphatic heterocycles. The van der Waals surface area contributed by atoms with E-state index in [1.807, 2.05) is 24.3 Å². The zero-order chi connectivity index (χ0) is 8.67. The first-order chi connectivity index (χ1) is 6.45. The molecule has 1 N–H and O–H groups in total. The molecule has 1 aromatic carbocycles. The first-order valence-corrected chi connectivity index (χ1v) is 4.12. The van der Waals surface area contributed by atoms with E-state index in [9.17, 15) is 0 Å². The average Bonchev–Trinajstić information content (AvgIpc) is 2.56. The van der Waals surface area contributed by atoms with Crippen LogP contribution in [-0.4, -0.2) is 15.0 Å². The third kappa shape index (κ3) is 0.839. The van der Waals surface area contributed by atoms with Crippen molar-refractivity contribution in [2.45, 2.75) is 0 Å². The first-order valence-electron chi connectivity index (χ1n) is 4.12.